The van der Waals surface area contributed by atoms with E-state index in [1.165, 1.54) is 39.0 Å². The third kappa shape index (κ3) is 4.02. The molecule has 2 aliphatic carbocycles. The first-order valence-corrected chi connectivity index (χ1v) is 7.57. The van der Waals surface area contributed by atoms with E-state index in [9.17, 15) is 0 Å². The fourth-order valence-corrected chi connectivity index (χ4v) is 3.34. The number of fused-ring (bicyclic) bond motifs is 3. The van der Waals surface area contributed by atoms with Crippen molar-refractivity contribution in [2.24, 2.45) is 0 Å². The van der Waals surface area contributed by atoms with Crippen LogP contribution in [-0.4, -0.2) is 0 Å². The van der Waals surface area contributed by atoms with E-state index >= 15 is 0 Å². The summed E-state index contributed by atoms with van der Waals surface area (Å²) in [5, 5.41) is 0. The molecule has 2 aromatic carbocycles. The third-order valence-corrected chi connectivity index (χ3v) is 4.44. The topological polar surface area (TPSA) is 0 Å². The molecule has 0 N–H and O–H groups in total. The molecule has 0 saturated heterocycles. The minimum Gasteiger partial charge on any atom is -1.00 e. The fraction of sp³-hybridized carbons (Fsp3) is 0.143. The zero-order valence-corrected chi connectivity index (χ0v) is 17.5. The Morgan fingerprint density at radius 2 is 1.62 bits per heavy atom. The molecule has 0 heterocycles. The van der Waals surface area contributed by atoms with Gasteiger partial charge in [-0.15, -0.1) is 0 Å². The zero-order chi connectivity index (χ0) is 14.2. The predicted molar refractivity (Wildman–Crippen MR) is 90.2 cm³/mol. The van der Waals surface area contributed by atoms with Crippen LogP contribution in [0.5, 0.6) is 0 Å². The number of hydrogen-bond donors (Lipinski definition) is 0. The Labute approximate surface area is 175 Å². The Bertz CT molecular complexity index is 816. The van der Waals surface area contributed by atoms with Crippen LogP contribution in [0.15, 0.2) is 71.8 Å². The quantitative estimate of drug-likeness (QED) is 0.515. The maximum Gasteiger partial charge on any atom is 2.00 e. The Morgan fingerprint density at radius 3 is 2.38 bits per heavy atom. The van der Waals surface area contributed by atoms with Gasteiger partial charge in [-0.2, -0.15) is 0 Å². The van der Waals surface area contributed by atoms with E-state index in [0.29, 0.717) is 0 Å². The first-order valence-electron chi connectivity index (χ1n) is 7.57. The molecule has 3 heteroatoms. The first-order chi connectivity index (χ1) is 10.3. The van der Waals surface area contributed by atoms with E-state index in [1.807, 2.05) is 0 Å². The molecule has 0 saturated carbocycles. The minimum absolute atomic E-state index is 0. The van der Waals surface area contributed by atoms with Crippen molar-refractivity contribution in [2.45, 2.75) is 19.8 Å². The summed E-state index contributed by atoms with van der Waals surface area (Å²) in [7, 11) is 0. The maximum atomic E-state index is 2.28. The van der Waals surface area contributed by atoms with Gasteiger partial charge in [0.05, 0.1) is 0 Å². The molecule has 120 valence electrons. The van der Waals surface area contributed by atoms with Gasteiger partial charge in [-0.05, 0) is 53.2 Å². The smallest absolute Gasteiger partial charge is 1.00 e. The molecule has 0 aliphatic heterocycles. The molecule has 0 unspecified atom stereocenters. The molecular formula is C21H18Cl2Zr. The second-order valence-corrected chi connectivity index (χ2v) is 5.91. The van der Waals surface area contributed by atoms with Crippen molar-refractivity contribution in [3.8, 4) is 11.1 Å². The van der Waals surface area contributed by atoms with Crippen molar-refractivity contribution in [1.29, 1.82) is 0 Å². The van der Waals surface area contributed by atoms with Gasteiger partial charge in [-0.25, -0.2) is 0 Å². The molecule has 2 aromatic rings. The second kappa shape index (κ2) is 9.00. The van der Waals surface area contributed by atoms with E-state index in [-0.39, 0.29) is 51.0 Å². The van der Waals surface area contributed by atoms with Gasteiger partial charge in [-0.1, -0.05) is 72.3 Å². The Kier molecular flexibility index (Phi) is 7.93. The number of benzene rings is 2. The first kappa shape index (κ1) is 21.2. The Hall–Kier alpha value is -0.877. The van der Waals surface area contributed by atoms with Crippen molar-refractivity contribution >= 4 is 6.08 Å². The largest absolute Gasteiger partial charge is 2.00 e. The Balaban J connectivity index is 0.000000960. The molecule has 4 rings (SSSR count). The molecule has 0 aromatic heterocycles. The third-order valence-electron chi connectivity index (χ3n) is 4.44. The van der Waals surface area contributed by atoms with E-state index in [4.69, 9.17) is 0 Å². The molecule has 0 fully saturated rings. The molecule has 0 nitrogen and oxygen atoms in total. The summed E-state index contributed by atoms with van der Waals surface area (Å²) in [6.45, 7) is 2.16. The second-order valence-electron chi connectivity index (χ2n) is 5.91. The molecule has 2 aliphatic rings. The molecule has 0 spiro atoms. The fourth-order valence-electron chi connectivity index (χ4n) is 3.34. The van der Waals surface area contributed by atoms with Gasteiger partial charge in [0.15, 0.2) is 0 Å². The SMILES string of the molecule is CC1=CCC(C=Cc2cccc3c2Cc2ccccc2-3)=C1.[Cl-].[Cl-].[Zr+2]. The number of allylic oxidation sites excluding steroid dienone is 5. The van der Waals surface area contributed by atoms with E-state index < -0.39 is 0 Å². The van der Waals surface area contributed by atoms with Gasteiger partial charge in [0.1, 0.15) is 0 Å². The zero-order valence-electron chi connectivity index (χ0n) is 13.5. The van der Waals surface area contributed by atoms with Crippen LogP contribution < -0.4 is 24.8 Å². The molecule has 0 amide bonds. The van der Waals surface area contributed by atoms with Gasteiger partial charge in [0.25, 0.3) is 0 Å². The molecular weight excluding hydrogens is 414 g/mol. The number of halogens is 2. The summed E-state index contributed by atoms with van der Waals surface area (Å²) < 4.78 is 0. The maximum absolute atomic E-state index is 2.28. The van der Waals surface area contributed by atoms with Gasteiger partial charge in [0, 0.05) is 0 Å². The van der Waals surface area contributed by atoms with Gasteiger partial charge >= 0.3 is 26.2 Å². The van der Waals surface area contributed by atoms with E-state index in [0.717, 1.165) is 12.8 Å². The average molecular weight is 433 g/mol. The summed E-state index contributed by atoms with van der Waals surface area (Å²) in [5.41, 5.74) is 9.86. The molecule has 0 bridgehead atoms. The summed E-state index contributed by atoms with van der Waals surface area (Å²) in [6.07, 6.45) is 11.2. The molecule has 0 radical (unpaired) electrons. The normalized spacial score (nSPS) is 13.9. The van der Waals surface area contributed by atoms with Crippen LogP contribution in [0.2, 0.25) is 0 Å². The van der Waals surface area contributed by atoms with Gasteiger partial charge < -0.3 is 24.8 Å². The van der Waals surface area contributed by atoms with E-state index in [1.54, 1.807) is 0 Å². The van der Waals surface area contributed by atoms with E-state index in [2.05, 4.69) is 73.7 Å². The van der Waals surface area contributed by atoms with Crippen molar-refractivity contribution in [2.75, 3.05) is 0 Å². The standard InChI is InChI=1S/C21H18.2ClH.Zr/c1-15-9-10-16(13-15)11-12-17-6-4-8-20-19-7-3-2-5-18(19)14-21(17)20;;;/h2-9,11-13H,10,14H2,1H3;2*1H;/q;;;+2/p-2. The summed E-state index contributed by atoms with van der Waals surface area (Å²) in [6, 6.07) is 15.4. The van der Waals surface area contributed by atoms with Crippen molar-refractivity contribution in [1.82, 2.24) is 0 Å². The van der Waals surface area contributed by atoms with Crippen LogP contribution in [0.4, 0.5) is 0 Å². The number of hydrogen-bond acceptors (Lipinski definition) is 0. The average Bonchev–Trinajstić information content (AvgIpc) is 3.09. The predicted octanol–water partition coefficient (Wildman–Crippen LogP) is -0.447. The summed E-state index contributed by atoms with van der Waals surface area (Å²) >= 11 is 0. The van der Waals surface area contributed by atoms with Crippen LogP contribution in [0.3, 0.4) is 0 Å². The molecule has 24 heavy (non-hydrogen) atoms. The van der Waals surface area contributed by atoms with Gasteiger partial charge in [0.2, 0.25) is 0 Å². The van der Waals surface area contributed by atoms with Crippen LogP contribution in [0.25, 0.3) is 17.2 Å². The van der Waals surface area contributed by atoms with Crippen LogP contribution >= 0.6 is 0 Å². The number of rotatable bonds is 2. The minimum atomic E-state index is 0. The molecule has 0 atom stereocenters. The van der Waals surface area contributed by atoms with Crippen LogP contribution in [-0.2, 0) is 32.6 Å². The summed E-state index contributed by atoms with van der Waals surface area (Å²) in [4.78, 5) is 0. The summed E-state index contributed by atoms with van der Waals surface area (Å²) in [5.74, 6) is 0. The van der Waals surface area contributed by atoms with Crippen LogP contribution in [0, 0.1) is 0 Å². The Morgan fingerprint density at radius 1 is 0.875 bits per heavy atom. The van der Waals surface area contributed by atoms with Crippen molar-refractivity contribution in [3.05, 3.63) is 88.5 Å². The van der Waals surface area contributed by atoms with Crippen LogP contribution in [0.1, 0.15) is 30.0 Å². The monoisotopic (exact) mass is 430 g/mol. The van der Waals surface area contributed by atoms with Gasteiger partial charge in [-0.3, -0.25) is 0 Å². The van der Waals surface area contributed by atoms with Crippen molar-refractivity contribution in [3.63, 3.8) is 0 Å². The van der Waals surface area contributed by atoms with Crippen molar-refractivity contribution < 1.29 is 51.0 Å².